The van der Waals surface area contributed by atoms with Gasteiger partial charge in [0.05, 0.1) is 0 Å². The molecule has 3 radical (unpaired) electrons. The zero-order valence-corrected chi connectivity index (χ0v) is 13.0. The van der Waals surface area contributed by atoms with Gasteiger partial charge in [-0.25, -0.2) is 0 Å². The first-order valence-electron chi connectivity index (χ1n) is 1.26. The summed E-state index contributed by atoms with van der Waals surface area (Å²) >= 11 is 0. The molecule has 0 aliphatic carbocycles. The van der Waals surface area contributed by atoms with Crippen molar-refractivity contribution in [2.75, 3.05) is 0 Å². The van der Waals surface area contributed by atoms with E-state index in [0.29, 0.717) is 6.42 Å². The second-order valence-electron chi connectivity index (χ2n) is 0.498. The average Bonchev–Trinajstić information content (AvgIpc) is 1.37. The predicted molar refractivity (Wildman–Crippen MR) is 65.2 cm³/mol. The van der Waals surface area contributed by atoms with E-state index in [1.165, 1.54) is 0 Å². The van der Waals surface area contributed by atoms with Crippen LogP contribution in [0.4, 0.5) is 0 Å². The molecule has 0 saturated heterocycles. The Morgan fingerprint density at radius 2 is 1.00 bits per heavy atom. The van der Waals surface area contributed by atoms with Crippen molar-refractivity contribution in [3.05, 3.63) is 0 Å². The molecule has 0 rings (SSSR count). The van der Waals surface area contributed by atoms with Crippen LogP contribution in [-0.2, 0) is 4.79 Å². The minimum absolute atomic E-state index is 0. The molecule has 11 heavy (non-hydrogen) atoms. The van der Waals surface area contributed by atoms with Crippen LogP contribution in [0.5, 0.6) is 0 Å². The minimum atomic E-state index is 0. The van der Waals surface area contributed by atoms with Crippen molar-refractivity contribution < 1.29 is 4.79 Å². The molecule has 1 nitrogen and oxygen atoms in total. The van der Waals surface area contributed by atoms with E-state index in [2.05, 4.69) is 0 Å². The van der Waals surface area contributed by atoms with Crippen LogP contribution < -0.4 is 0 Å². The second kappa shape index (κ2) is 87.9. The molecule has 0 aliphatic heterocycles. The van der Waals surface area contributed by atoms with Gasteiger partial charge in [0.1, 0.15) is 0 Å². The van der Waals surface area contributed by atoms with Crippen LogP contribution in [0.1, 0.15) is 13.3 Å². The van der Waals surface area contributed by atoms with E-state index in [-0.39, 0.29) is 98.9 Å². The molecule has 0 spiro atoms. The van der Waals surface area contributed by atoms with Gasteiger partial charge in [0, 0.05) is 29.2 Å². The van der Waals surface area contributed by atoms with E-state index >= 15 is 0 Å². The Hall–Kier alpha value is 2.14. The van der Waals surface area contributed by atoms with Crippen LogP contribution in [0.25, 0.3) is 0 Å². The van der Waals surface area contributed by atoms with Gasteiger partial charge < -0.3 is 0 Å². The maximum atomic E-state index is 9.05. The summed E-state index contributed by atoms with van der Waals surface area (Å²) in [7, 11) is 0. The summed E-state index contributed by atoms with van der Waals surface area (Å²) in [6.45, 7) is 1.76. The van der Waals surface area contributed by atoms with E-state index in [4.69, 9.17) is 4.79 Å². The largest absolute Gasteiger partial charge is 0.505 e. The van der Waals surface area contributed by atoms with Crippen molar-refractivity contribution >= 4 is 105 Å². The van der Waals surface area contributed by atoms with Crippen molar-refractivity contribution in [3.63, 3.8) is 0 Å². The van der Waals surface area contributed by atoms with Crippen LogP contribution >= 0.6 is 74.4 Å². The number of hydrogen-bond acceptors (Lipinski definition) is 1. The van der Waals surface area contributed by atoms with Crippen LogP contribution in [-0.4, -0.2) is 30.7 Å². The molecule has 0 amide bonds. The molecule has 0 heterocycles. The normalized spacial score (nSPS) is 1.91. The standard InChI is InChI=1S/C3H5O.6ClH.Sb/c1-2-3-4;;;;;;;/h2H2,1H3;6*1H;/q+1;;;;;;;. The number of rotatable bonds is 1. The maximum absolute atomic E-state index is 9.05. The number of halogens is 6. The molecule has 0 atom stereocenters. The van der Waals surface area contributed by atoms with Gasteiger partial charge in [0.2, 0.25) is 6.42 Å². The van der Waals surface area contributed by atoms with Gasteiger partial charge in [-0.3, -0.25) is 0 Å². The Labute approximate surface area is 122 Å². The Morgan fingerprint density at radius 3 is 1.00 bits per heavy atom. The summed E-state index contributed by atoms with van der Waals surface area (Å²) in [6.07, 6.45) is 2.19. The maximum Gasteiger partial charge on any atom is 0.505 e. The SMILES string of the molecule is CC[C+]=O.Cl.Cl.Cl.Cl.Cl.Cl.[Sb]. The van der Waals surface area contributed by atoms with E-state index in [1.54, 1.807) is 13.2 Å². The van der Waals surface area contributed by atoms with Gasteiger partial charge in [-0.2, -0.15) is 0 Å². The molecule has 0 N–H and O–H groups in total. The number of hydrogen-bond donors (Lipinski definition) is 0. The number of carbonyl (C=O) groups excluding carboxylic acids is 1. The van der Waals surface area contributed by atoms with Gasteiger partial charge >= 0.3 is 6.29 Å². The van der Waals surface area contributed by atoms with E-state index in [9.17, 15) is 0 Å². The van der Waals surface area contributed by atoms with Gasteiger partial charge in [-0.1, -0.05) is 0 Å². The fourth-order valence-corrected chi connectivity index (χ4v) is 0. The molecule has 75 valence electrons. The molecule has 0 saturated carbocycles. The molecule has 0 aromatic carbocycles. The van der Waals surface area contributed by atoms with Crippen molar-refractivity contribution in [2.24, 2.45) is 0 Å². The van der Waals surface area contributed by atoms with Crippen LogP contribution in [0.2, 0.25) is 0 Å². The van der Waals surface area contributed by atoms with Gasteiger partial charge in [0.25, 0.3) is 0 Å². The first-order chi connectivity index (χ1) is 1.91. The molecule has 0 aromatic rings. The Bertz CT molecular complexity index is 31.8. The van der Waals surface area contributed by atoms with E-state index < -0.39 is 0 Å². The quantitative estimate of drug-likeness (QED) is 0.491. The third-order valence-electron chi connectivity index (χ3n) is 0.144. The zero-order chi connectivity index (χ0) is 3.41. The average molecular weight is 398 g/mol. The molecule has 8 heteroatoms. The van der Waals surface area contributed by atoms with E-state index in [1.807, 2.05) is 0 Å². The first-order valence-corrected chi connectivity index (χ1v) is 1.26. The molecule has 0 aliphatic rings. The smallest absolute Gasteiger partial charge is 0.147 e. The zero-order valence-electron chi connectivity index (χ0n) is 5.51. The Balaban J connectivity index is -0.00000000214. The monoisotopic (exact) mass is 394 g/mol. The Kier molecular flexibility index (Phi) is 586. The topological polar surface area (TPSA) is 17.1 Å². The van der Waals surface area contributed by atoms with Crippen molar-refractivity contribution in [1.82, 2.24) is 0 Å². The summed E-state index contributed by atoms with van der Waals surface area (Å²) in [5.74, 6) is 0. The van der Waals surface area contributed by atoms with Crippen molar-refractivity contribution in [3.8, 4) is 0 Å². The molecule has 0 aromatic heterocycles. The minimum Gasteiger partial charge on any atom is -0.147 e. The third-order valence-corrected chi connectivity index (χ3v) is 0.144. The van der Waals surface area contributed by atoms with Crippen LogP contribution in [0.3, 0.4) is 0 Å². The first kappa shape index (κ1) is 73.3. The third kappa shape index (κ3) is 127. The summed E-state index contributed by atoms with van der Waals surface area (Å²) < 4.78 is 0. The van der Waals surface area contributed by atoms with Gasteiger partial charge in [-0.15, -0.1) is 74.4 Å². The van der Waals surface area contributed by atoms with E-state index in [0.717, 1.165) is 0 Å². The summed E-state index contributed by atoms with van der Waals surface area (Å²) in [6, 6.07) is 0. The van der Waals surface area contributed by atoms with Crippen LogP contribution in [0, 0.1) is 0 Å². The predicted octanol–water partition coefficient (Wildman–Crippen LogP) is 2.66. The fraction of sp³-hybridized carbons (Fsp3) is 0.667. The molecule has 0 fully saturated rings. The van der Waals surface area contributed by atoms with Gasteiger partial charge in [0.15, 0.2) is 0 Å². The van der Waals surface area contributed by atoms with Crippen molar-refractivity contribution in [1.29, 1.82) is 0 Å². The molecular weight excluding hydrogens is 387 g/mol. The summed E-state index contributed by atoms with van der Waals surface area (Å²) in [4.78, 5) is 9.05. The second-order valence-corrected chi connectivity index (χ2v) is 0.498. The summed E-state index contributed by atoms with van der Waals surface area (Å²) in [5, 5.41) is 0. The molecule has 0 unspecified atom stereocenters. The fourth-order valence-electron chi connectivity index (χ4n) is 0. The van der Waals surface area contributed by atoms with Crippen molar-refractivity contribution in [2.45, 2.75) is 13.3 Å². The molecular formula is C3H11Cl6OSb+. The Morgan fingerprint density at radius 1 is 0.909 bits per heavy atom. The van der Waals surface area contributed by atoms with Gasteiger partial charge in [-0.05, 0) is 6.92 Å². The molecule has 0 bridgehead atoms. The summed E-state index contributed by atoms with van der Waals surface area (Å²) in [5.41, 5.74) is 0. The van der Waals surface area contributed by atoms with Crippen LogP contribution in [0.15, 0.2) is 0 Å².